The van der Waals surface area contributed by atoms with Gasteiger partial charge < -0.3 is 16.0 Å². The second-order valence-corrected chi connectivity index (χ2v) is 3.12. The number of hydrogen-bond acceptors (Lipinski definition) is 4. The van der Waals surface area contributed by atoms with Gasteiger partial charge in [0.05, 0.1) is 0 Å². The molecule has 0 aliphatic carbocycles. The number of carboxylic acid groups (broad SMARTS) is 1. The third-order valence-corrected chi connectivity index (χ3v) is 1.97. The molecule has 0 saturated carbocycles. The van der Waals surface area contributed by atoms with E-state index in [1.165, 1.54) is 6.07 Å². The lowest BCUT2D eigenvalue weighted by Gasteiger charge is -2.15. The fraction of sp³-hybridized carbons (Fsp3) is 0.222. The Balaban J connectivity index is 2.90. The zero-order valence-electron chi connectivity index (χ0n) is 7.93. The molecule has 1 aromatic carbocycles. The number of aliphatic carboxylic acids is 1. The first-order valence-corrected chi connectivity index (χ1v) is 4.34. The molecular formula is C9H12N2O4. The molecule has 0 amide bonds. The number of carboxylic acids is 1. The van der Waals surface area contributed by atoms with Crippen molar-refractivity contribution in [2.24, 2.45) is 0 Å². The van der Waals surface area contributed by atoms with Gasteiger partial charge in [-0.3, -0.25) is 4.79 Å². The van der Waals surface area contributed by atoms with Crippen molar-refractivity contribution in [2.45, 2.75) is 12.8 Å². The Kier molecular flexibility index (Phi) is 3.62. The van der Waals surface area contributed by atoms with Crippen molar-refractivity contribution >= 4 is 17.3 Å². The predicted octanol–water partition coefficient (Wildman–Crippen LogP) is -0.311. The van der Waals surface area contributed by atoms with Crippen LogP contribution in [0.2, 0.25) is 0 Å². The zero-order valence-corrected chi connectivity index (χ0v) is 7.93. The maximum atomic E-state index is 10.8. The molecule has 0 spiro atoms. The minimum Gasteiger partial charge on any atom is -0.595 e. The topological polar surface area (TPSA) is 111 Å². The number of quaternary nitrogens is 1. The molecule has 1 unspecified atom stereocenters. The summed E-state index contributed by atoms with van der Waals surface area (Å²) in [5.74, 6) is -0.955. The van der Waals surface area contributed by atoms with Gasteiger partial charge in [0.2, 0.25) is 0 Å². The Hall–Kier alpha value is -1.63. The molecule has 0 fully saturated rings. The van der Waals surface area contributed by atoms with Gasteiger partial charge in [0.1, 0.15) is 0 Å². The van der Waals surface area contributed by atoms with E-state index in [0.717, 1.165) is 0 Å². The van der Waals surface area contributed by atoms with Crippen molar-refractivity contribution in [3.8, 4) is 0 Å². The molecule has 0 aliphatic heterocycles. The molecule has 6 nitrogen and oxygen atoms in total. The van der Waals surface area contributed by atoms with Crippen LogP contribution in [-0.4, -0.2) is 16.3 Å². The van der Waals surface area contributed by atoms with Crippen molar-refractivity contribution in [2.75, 3.05) is 5.73 Å². The van der Waals surface area contributed by atoms with Gasteiger partial charge in [0.25, 0.3) is 0 Å². The number of nitrogens with one attached hydrogen (secondary N) is 1. The lowest BCUT2D eigenvalue weighted by atomic mass is 10.1. The molecule has 0 heterocycles. The maximum absolute atomic E-state index is 10.8. The summed E-state index contributed by atoms with van der Waals surface area (Å²) in [5.41, 5.74) is 6.35. The van der Waals surface area contributed by atoms with Crippen LogP contribution in [0, 0.1) is 5.21 Å². The fourth-order valence-corrected chi connectivity index (χ4v) is 1.25. The summed E-state index contributed by atoms with van der Waals surface area (Å²) >= 11 is 0. The number of aryl methyl sites for hydroxylation is 1. The summed E-state index contributed by atoms with van der Waals surface area (Å²) < 4.78 is 0. The van der Waals surface area contributed by atoms with Crippen molar-refractivity contribution in [1.82, 2.24) is 0 Å². The molecule has 15 heavy (non-hydrogen) atoms. The molecule has 0 aromatic heterocycles. The van der Waals surface area contributed by atoms with Gasteiger partial charge in [-0.05, 0) is 12.5 Å². The van der Waals surface area contributed by atoms with Crippen molar-refractivity contribution in [1.29, 1.82) is 0 Å². The Bertz CT molecular complexity index is 365. The minimum atomic E-state index is -1.09. The van der Waals surface area contributed by atoms with E-state index in [2.05, 4.69) is 0 Å². The second-order valence-electron chi connectivity index (χ2n) is 3.12. The number of benzene rings is 1. The van der Waals surface area contributed by atoms with Crippen molar-refractivity contribution < 1.29 is 20.3 Å². The summed E-state index contributed by atoms with van der Waals surface area (Å²) in [6.07, 6.45) is 0.0987. The van der Waals surface area contributed by atoms with E-state index in [-0.39, 0.29) is 18.5 Å². The third-order valence-electron chi connectivity index (χ3n) is 1.97. The summed E-state index contributed by atoms with van der Waals surface area (Å²) in [7, 11) is 0. The predicted molar refractivity (Wildman–Crippen MR) is 52.6 cm³/mol. The smallest absolute Gasteiger partial charge is 0.303 e. The molecule has 6 heteroatoms. The van der Waals surface area contributed by atoms with Gasteiger partial charge in [-0.1, -0.05) is 6.07 Å². The monoisotopic (exact) mass is 212 g/mol. The lowest BCUT2D eigenvalue weighted by molar-refractivity contribution is -0.991. The van der Waals surface area contributed by atoms with E-state index in [1.807, 2.05) is 0 Å². The van der Waals surface area contributed by atoms with E-state index in [1.54, 1.807) is 12.1 Å². The number of carbonyl (C=O) groups is 1. The zero-order chi connectivity index (χ0) is 11.4. The van der Waals surface area contributed by atoms with Crippen molar-refractivity contribution in [3.63, 3.8) is 0 Å². The highest BCUT2D eigenvalue weighted by atomic mass is 16.8. The standard InChI is InChI=1S/C9H12N2O4/c10-7-3-1-6(2-4-9(12)13)8(5-7)11(14)15/h1,3,5,11,14H,2,4,10H2,(H,12,13). The molecule has 0 radical (unpaired) electrons. The summed E-state index contributed by atoms with van der Waals surface area (Å²) in [6.45, 7) is 0. The van der Waals surface area contributed by atoms with E-state index >= 15 is 0 Å². The molecule has 1 aromatic rings. The Labute approximate surface area is 86.1 Å². The van der Waals surface area contributed by atoms with Gasteiger partial charge >= 0.3 is 5.97 Å². The van der Waals surface area contributed by atoms with Crippen molar-refractivity contribution in [3.05, 3.63) is 29.0 Å². The number of anilines is 1. The fourth-order valence-electron chi connectivity index (χ4n) is 1.25. The van der Waals surface area contributed by atoms with Gasteiger partial charge in [0, 0.05) is 23.7 Å². The third kappa shape index (κ3) is 3.21. The largest absolute Gasteiger partial charge is 0.595 e. The SMILES string of the molecule is Nc1ccc(CCC(=O)O)c([NH+]([O-])O)c1. The van der Waals surface area contributed by atoms with Gasteiger partial charge in [0.15, 0.2) is 5.69 Å². The first-order valence-electron chi connectivity index (χ1n) is 4.34. The number of nitrogen functional groups attached to an aromatic ring is 1. The van der Waals surface area contributed by atoms with Crippen LogP contribution in [0.15, 0.2) is 18.2 Å². The number of hydrogen-bond donors (Lipinski definition) is 4. The Morgan fingerprint density at radius 3 is 2.73 bits per heavy atom. The van der Waals surface area contributed by atoms with Crippen LogP contribution in [0.4, 0.5) is 11.4 Å². The molecule has 1 rings (SSSR count). The van der Waals surface area contributed by atoms with Crippen LogP contribution in [-0.2, 0) is 11.2 Å². The van der Waals surface area contributed by atoms with E-state index in [0.29, 0.717) is 11.3 Å². The summed E-state index contributed by atoms with van der Waals surface area (Å²) in [6, 6.07) is 4.44. The number of nitrogens with two attached hydrogens (primary N) is 1. The van der Waals surface area contributed by atoms with Crippen LogP contribution < -0.4 is 11.0 Å². The second kappa shape index (κ2) is 4.74. The molecular weight excluding hydrogens is 200 g/mol. The molecule has 0 aliphatic rings. The highest BCUT2D eigenvalue weighted by molar-refractivity contribution is 5.67. The highest BCUT2D eigenvalue weighted by Crippen LogP contribution is 2.16. The first-order chi connectivity index (χ1) is 7.00. The molecule has 82 valence electrons. The average molecular weight is 212 g/mol. The van der Waals surface area contributed by atoms with Crippen LogP contribution >= 0.6 is 0 Å². The first kappa shape index (κ1) is 11.4. The average Bonchev–Trinajstić information content (AvgIpc) is 2.15. The number of rotatable bonds is 4. The normalized spacial score (nSPS) is 12.4. The van der Waals surface area contributed by atoms with Crippen LogP contribution in [0.3, 0.4) is 0 Å². The Morgan fingerprint density at radius 2 is 2.20 bits per heavy atom. The van der Waals surface area contributed by atoms with Gasteiger partial charge in [-0.25, -0.2) is 5.21 Å². The van der Waals surface area contributed by atoms with Gasteiger partial charge in [-0.2, -0.15) is 5.23 Å². The minimum absolute atomic E-state index is 0.0660. The van der Waals surface area contributed by atoms with Crippen LogP contribution in [0.25, 0.3) is 0 Å². The molecule has 5 N–H and O–H groups in total. The maximum Gasteiger partial charge on any atom is 0.303 e. The quantitative estimate of drug-likeness (QED) is 0.404. The van der Waals surface area contributed by atoms with Crippen LogP contribution in [0.1, 0.15) is 12.0 Å². The molecule has 0 saturated heterocycles. The highest BCUT2D eigenvalue weighted by Gasteiger charge is 2.10. The summed E-state index contributed by atoms with van der Waals surface area (Å²) in [5, 5.41) is 27.1. The van der Waals surface area contributed by atoms with Crippen LogP contribution in [0.5, 0.6) is 0 Å². The van der Waals surface area contributed by atoms with Gasteiger partial charge in [-0.15, -0.1) is 0 Å². The Morgan fingerprint density at radius 1 is 1.53 bits per heavy atom. The van der Waals surface area contributed by atoms with E-state index < -0.39 is 11.2 Å². The van der Waals surface area contributed by atoms with E-state index in [9.17, 15) is 10.0 Å². The summed E-state index contributed by atoms with van der Waals surface area (Å²) in [4.78, 5) is 10.3. The lowest BCUT2D eigenvalue weighted by Crippen LogP contribution is -2.99. The van der Waals surface area contributed by atoms with E-state index in [4.69, 9.17) is 16.0 Å². The molecule has 1 atom stereocenters. The molecule has 0 bridgehead atoms.